The van der Waals surface area contributed by atoms with Crippen molar-refractivity contribution in [2.45, 2.75) is 199 Å². The Balaban J connectivity index is 1.53. The summed E-state index contributed by atoms with van der Waals surface area (Å²) in [6.07, 6.45) is 13.1. The minimum absolute atomic E-state index is 0.0373. The Bertz CT molecular complexity index is 1380. The number of aliphatic hydroxyl groups is 1. The summed E-state index contributed by atoms with van der Waals surface area (Å²) in [4.78, 5) is 67.0. The van der Waals surface area contributed by atoms with Gasteiger partial charge in [-0.15, -0.1) is 0 Å². The molecule has 0 aromatic heterocycles. The lowest BCUT2D eigenvalue weighted by Crippen LogP contribution is -2.65. The molecular formula is C43H81BN8O8. The van der Waals surface area contributed by atoms with Crippen molar-refractivity contribution in [1.82, 2.24) is 31.9 Å². The Kier molecular flexibility index (Phi) is 21.7. The fourth-order valence-electron chi connectivity index (χ4n) is 9.19. The van der Waals surface area contributed by atoms with Gasteiger partial charge >= 0.3 is 7.12 Å². The van der Waals surface area contributed by atoms with Crippen LogP contribution in [0.15, 0.2) is 0 Å². The fraction of sp³-hybridized carbons (Fsp3) is 0.884. The number of carbonyl (C=O) groups excluding carboxylic acids is 5. The van der Waals surface area contributed by atoms with E-state index in [9.17, 15) is 29.1 Å². The van der Waals surface area contributed by atoms with E-state index < -0.39 is 72.6 Å². The highest BCUT2D eigenvalue weighted by molar-refractivity contribution is 6.47. The number of carbonyl (C=O) groups is 5. The molecular weight excluding hydrogens is 767 g/mol. The maximum Gasteiger partial charge on any atom is 0.481 e. The molecule has 4 fully saturated rings. The van der Waals surface area contributed by atoms with Crippen molar-refractivity contribution in [1.29, 1.82) is 0 Å². The number of nitrogens with one attached hydrogen (secondary N) is 6. The summed E-state index contributed by atoms with van der Waals surface area (Å²) in [5, 5.41) is 27.4. The molecule has 17 heteroatoms. The van der Waals surface area contributed by atoms with Gasteiger partial charge in [0.25, 0.3) is 0 Å². The van der Waals surface area contributed by atoms with Crippen molar-refractivity contribution in [3.05, 3.63) is 0 Å². The summed E-state index contributed by atoms with van der Waals surface area (Å²) in [5.74, 6) is -2.39. The van der Waals surface area contributed by atoms with E-state index in [4.69, 9.17) is 20.8 Å². The molecule has 0 aromatic carbocycles. The topological polar surface area (TPSA) is 248 Å². The number of nitrogens with two attached hydrogens (primary N) is 2. The molecule has 10 atom stereocenters. The molecule has 1 saturated heterocycles. The third-order valence-corrected chi connectivity index (χ3v) is 13.2. The SMILES string of the molecule is CCCCCCCCCCNCC(=O)NC(CCCCN)C(=O)NC(C(=O)NC(C)C(=O)NC(CCCCN)C(=O)NC(C)B1OC2CC3CC(C3(C)C)C2(C)O1)C(C)O. The van der Waals surface area contributed by atoms with Gasteiger partial charge in [0.1, 0.15) is 24.2 Å². The molecule has 0 radical (unpaired) electrons. The van der Waals surface area contributed by atoms with Crippen molar-refractivity contribution in [2.24, 2.45) is 28.7 Å². The molecule has 2 bridgehead atoms. The molecule has 3 saturated carbocycles. The van der Waals surface area contributed by atoms with Crippen molar-refractivity contribution in [2.75, 3.05) is 26.2 Å². The average Bonchev–Trinajstić information content (AvgIpc) is 3.57. The van der Waals surface area contributed by atoms with Gasteiger partial charge in [-0.25, -0.2) is 0 Å². The standard InChI is InChI=1S/C43H81BN8O8/c1-8-9-10-11-12-13-14-19-24-47-27-36(54)50-32(20-15-17-22-45)40(57)52-37(29(3)53)41(58)48-28(2)38(55)51-33(21-16-18-23-46)39(56)49-30(4)44-59-35-26-31-25-34(42(31,5)6)43(35,7)60-44/h28-35,37,47,53H,8-27,45-46H2,1-7H3,(H,48,58)(H,49,56)(H,50,54)(H,51,55)(H,52,57). The van der Waals surface area contributed by atoms with Crippen LogP contribution in [-0.2, 0) is 33.3 Å². The summed E-state index contributed by atoms with van der Waals surface area (Å²) in [6.45, 7) is 15.1. The maximum atomic E-state index is 13.7. The van der Waals surface area contributed by atoms with Crippen LogP contribution in [0.3, 0.4) is 0 Å². The highest BCUT2D eigenvalue weighted by atomic mass is 16.7. The Hall–Kier alpha value is -2.83. The molecule has 1 aliphatic heterocycles. The molecule has 0 spiro atoms. The third kappa shape index (κ3) is 14.9. The van der Waals surface area contributed by atoms with Crippen LogP contribution in [-0.4, -0.2) is 116 Å². The predicted molar refractivity (Wildman–Crippen MR) is 234 cm³/mol. The molecule has 16 nitrogen and oxygen atoms in total. The molecule has 4 rings (SSSR count). The van der Waals surface area contributed by atoms with Crippen LogP contribution in [0.1, 0.15) is 151 Å². The van der Waals surface area contributed by atoms with E-state index >= 15 is 0 Å². The van der Waals surface area contributed by atoms with Gasteiger partial charge in [0.2, 0.25) is 29.5 Å². The first-order chi connectivity index (χ1) is 28.5. The van der Waals surface area contributed by atoms with Crippen molar-refractivity contribution >= 4 is 36.7 Å². The fourth-order valence-corrected chi connectivity index (χ4v) is 9.19. The Morgan fingerprint density at radius 3 is 1.88 bits per heavy atom. The average molecular weight is 849 g/mol. The summed E-state index contributed by atoms with van der Waals surface area (Å²) in [6, 6.07) is -4.47. The van der Waals surface area contributed by atoms with E-state index in [2.05, 4.69) is 59.6 Å². The largest absolute Gasteiger partial charge is 0.481 e. The molecule has 344 valence electrons. The minimum atomic E-state index is -1.43. The summed E-state index contributed by atoms with van der Waals surface area (Å²) >= 11 is 0. The predicted octanol–water partition coefficient (Wildman–Crippen LogP) is 2.09. The number of unbranched alkanes of at least 4 members (excludes halogenated alkanes) is 9. The lowest BCUT2D eigenvalue weighted by atomic mass is 9.43. The van der Waals surface area contributed by atoms with Gasteiger partial charge in [-0.05, 0) is 122 Å². The van der Waals surface area contributed by atoms with Gasteiger partial charge in [-0.1, -0.05) is 65.7 Å². The van der Waals surface area contributed by atoms with Crippen LogP contribution in [0, 0.1) is 17.3 Å². The van der Waals surface area contributed by atoms with Crippen LogP contribution >= 0.6 is 0 Å². The zero-order chi connectivity index (χ0) is 44.5. The van der Waals surface area contributed by atoms with Gasteiger partial charge in [-0.3, -0.25) is 24.0 Å². The highest BCUT2D eigenvalue weighted by Gasteiger charge is 2.68. The van der Waals surface area contributed by atoms with Crippen molar-refractivity contribution in [3.8, 4) is 0 Å². The second-order valence-electron chi connectivity index (χ2n) is 18.5. The molecule has 11 N–H and O–H groups in total. The molecule has 1 heterocycles. The van der Waals surface area contributed by atoms with Crippen LogP contribution in [0.4, 0.5) is 0 Å². The maximum absolute atomic E-state index is 13.7. The van der Waals surface area contributed by atoms with E-state index in [-0.39, 0.29) is 30.4 Å². The van der Waals surface area contributed by atoms with Crippen molar-refractivity contribution in [3.63, 3.8) is 0 Å². The number of aliphatic hydroxyl groups excluding tert-OH is 1. The van der Waals surface area contributed by atoms with E-state index in [0.717, 1.165) is 25.7 Å². The number of amides is 5. The first-order valence-electron chi connectivity index (χ1n) is 23.1. The van der Waals surface area contributed by atoms with Crippen LogP contribution < -0.4 is 43.4 Å². The lowest BCUT2D eigenvalue weighted by molar-refractivity contribution is -0.199. The van der Waals surface area contributed by atoms with E-state index in [0.29, 0.717) is 63.6 Å². The highest BCUT2D eigenvalue weighted by Crippen LogP contribution is 2.65. The van der Waals surface area contributed by atoms with E-state index in [1.165, 1.54) is 52.4 Å². The van der Waals surface area contributed by atoms with Gasteiger partial charge in [0, 0.05) is 0 Å². The first-order valence-corrected chi connectivity index (χ1v) is 23.1. The van der Waals surface area contributed by atoms with Gasteiger partial charge in [-0.2, -0.15) is 0 Å². The van der Waals surface area contributed by atoms with E-state index in [1.807, 2.05) is 6.92 Å². The third-order valence-electron chi connectivity index (χ3n) is 13.2. The number of hydrogen-bond acceptors (Lipinski definition) is 11. The lowest BCUT2D eigenvalue weighted by Gasteiger charge is -2.64. The molecule has 10 unspecified atom stereocenters. The Labute approximate surface area is 360 Å². The minimum Gasteiger partial charge on any atom is -0.404 e. The van der Waals surface area contributed by atoms with Crippen LogP contribution in [0.2, 0.25) is 0 Å². The van der Waals surface area contributed by atoms with Crippen molar-refractivity contribution < 1.29 is 38.4 Å². The molecule has 5 amide bonds. The summed E-state index contributed by atoms with van der Waals surface area (Å²) < 4.78 is 12.9. The normalized spacial score (nSPS) is 24.4. The molecule has 60 heavy (non-hydrogen) atoms. The quantitative estimate of drug-likeness (QED) is 0.0374. The summed E-state index contributed by atoms with van der Waals surface area (Å²) in [5.41, 5.74) is 11.1. The summed E-state index contributed by atoms with van der Waals surface area (Å²) in [7, 11) is -0.639. The van der Waals surface area contributed by atoms with E-state index in [1.54, 1.807) is 0 Å². The van der Waals surface area contributed by atoms with Gasteiger partial charge in [0.05, 0.1) is 30.3 Å². The number of rotatable bonds is 30. The second-order valence-corrected chi connectivity index (χ2v) is 18.5. The molecule has 3 aliphatic carbocycles. The number of hydrogen-bond donors (Lipinski definition) is 9. The van der Waals surface area contributed by atoms with Gasteiger partial charge < -0.3 is 57.8 Å². The Morgan fingerprint density at radius 1 is 0.717 bits per heavy atom. The monoisotopic (exact) mass is 849 g/mol. The molecule has 0 aromatic rings. The smallest absolute Gasteiger partial charge is 0.404 e. The van der Waals surface area contributed by atoms with Crippen LogP contribution in [0.25, 0.3) is 0 Å². The zero-order valence-corrected chi connectivity index (χ0v) is 37.9. The Morgan fingerprint density at radius 2 is 1.30 bits per heavy atom. The second kappa shape index (κ2) is 25.3. The first kappa shape index (κ1) is 51.5. The van der Waals surface area contributed by atoms with Crippen LogP contribution in [0.5, 0.6) is 0 Å². The van der Waals surface area contributed by atoms with Gasteiger partial charge in [0.15, 0.2) is 0 Å². The zero-order valence-electron chi connectivity index (χ0n) is 37.9. The molecule has 4 aliphatic rings.